The van der Waals surface area contributed by atoms with E-state index in [4.69, 9.17) is 4.74 Å². The summed E-state index contributed by atoms with van der Waals surface area (Å²) in [6, 6.07) is 0.775. The number of piperidine rings is 1. The van der Waals surface area contributed by atoms with E-state index in [0.717, 1.165) is 65.0 Å². The van der Waals surface area contributed by atoms with Crippen LogP contribution in [0.25, 0.3) is 0 Å². The monoisotopic (exact) mass is 422 g/mol. The molecule has 0 N–H and O–H groups in total. The molecular weight excluding hydrogens is 380 g/mol. The predicted octanol–water partition coefficient (Wildman–Crippen LogP) is 2.79. The van der Waals surface area contributed by atoms with Crippen molar-refractivity contribution in [3.63, 3.8) is 0 Å². The van der Waals surface area contributed by atoms with E-state index in [2.05, 4.69) is 16.8 Å². The number of carbonyl (C=O) groups is 2. The van der Waals surface area contributed by atoms with Crippen LogP contribution in [0.1, 0.15) is 65.7 Å². The Bertz CT molecular complexity index is 569. The highest BCUT2D eigenvalue weighted by Crippen LogP contribution is 2.25. The van der Waals surface area contributed by atoms with Gasteiger partial charge in [0.2, 0.25) is 5.91 Å². The van der Waals surface area contributed by atoms with E-state index >= 15 is 0 Å². The number of amides is 2. The normalized spacial score (nSPS) is 23.4. The molecule has 3 rings (SSSR count). The second kappa shape index (κ2) is 10.3. The minimum Gasteiger partial charge on any atom is -0.444 e. The summed E-state index contributed by atoms with van der Waals surface area (Å²) < 4.78 is 5.65. The van der Waals surface area contributed by atoms with Gasteiger partial charge in [-0.2, -0.15) is 0 Å². The summed E-state index contributed by atoms with van der Waals surface area (Å²) in [5.41, 5.74) is -0.549. The molecule has 30 heavy (non-hydrogen) atoms. The third-order valence-corrected chi connectivity index (χ3v) is 6.82. The van der Waals surface area contributed by atoms with Gasteiger partial charge in [-0.15, -0.1) is 0 Å². The van der Waals surface area contributed by atoms with E-state index in [1.54, 1.807) is 4.90 Å². The molecule has 0 spiro atoms. The van der Waals surface area contributed by atoms with Gasteiger partial charge in [0.05, 0.1) is 0 Å². The van der Waals surface area contributed by atoms with E-state index in [0.29, 0.717) is 6.04 Å². The summed E-state index contributed by atoms with van der Waals surface area (Å²) in [5, 5.41) is 0. The average Bonchev–Trinajstić information content (AvgIpc) is 2.72. The van der Waals surface area contributed by atoms with Gasteiger partial charge in [-0.3, -0.25) is 14.6 Å². The topological polar surface area (TPSA) is 56.3 Å². The fraction of sp³-hybridized carbons (Fsp3) is 0.913. The van der Waals surface area contributed by atoms with E-state index in [1.165, 1.54) is 19.3 Å². The highest BCUT2D eigenvalue weighted by Gasteiger charge is 2.33. The molecule has 172 valence electrons. The lowest BCUT2D eigenvalue weighted by Gasteiger charge is -2.43. The highest BCUT2D eigenvalue weighted by atomic mass is 16.6. The van der Waals surface area contributed by atoms with Crippen molar-refractivity contribution in [3.05, 3.63) is 0 Å². The first-order chi connectivity index (χ1) is 14.2. The van der Waals surface area contributed by atoms with Crippen LogP contribution in [0, 0.1) is 0 Å². The Morgan fingerprint density at radius 1 is 0.900 bits per heavy atom. The zero-order valence-electron chi connectivity index (χ0n) is 19.6. The molecule has 3 aliphatic rings. The van der Waals surface area contributed by atoms with Crippen LogP contribution in [0.3, 0.4) is 0 Å². The molecule has 7 heteroatoms. The quantitative estimate of drug-likeness (QED) is 0.697. The molecule has 2 saturated heterocycles. The van der Waals surface area contributed by atoms with Gasteiger partial charge in [0.25, 0.3) is 0 Å². The summed E-state index contributed by atoms with van der Waals surface area (Å²) in [6.45, 7) is 11.5. The first kappa shape index (κ1) is 23.3. The molecule has 1 saturated carbocycles. The van der Waals surface area contributed by atoms with Gasteiger partial charge in [-0.1, -0.05) is 19.3 Å². The Morgan fingerprint density at radius 3 is 2.07 bits per heavy atom. The zero-order valence-corrected chi connectivity index (χ0v) is 19.6. The molecule has 0 radical (unpaired) electrons. The Kier molecular flexibility index (Phi) is 8.02. The molecule has 2 heterocycles. The lowest BCUT2D eigenvalue weighted by atomic mass is 9.94. The van der Waals surface area contributed by atoms with Gasteiger partial charge < -0.3 is 14.5 Å². The molecule has 2 amide bonds. The second-order valence-electron chi connectivity index (χ2n) is 10.4. The van der Waals surface area contributed by atoms with Crippen LogP contribution < -0.4 is 0 Å². The molecule has 0 aromatic rings. The number of hydrogen-bond acceptors (Lipinski definition) is 5. The number of piperazine rings is 1. The summed E-state index contributed by atoms with van der Waals surface area (Å²) in [4.78, 5) is 34.6. The molecule has 1 aliphatic carbocycles. The molecule has 0 bridgehead atoms. The second-order valence-corrected chi connectivity index (χ2v) is 10.4. The molecular formula is C23H42N4O3. The zero-order chi connectivity index (χ0) is 21.7. The van der Waals surface area contributed by atoms with Crippen molar-refractivity contribution in [1.82, 2.24) is 19.6 Å². The molecule has 0 aromatic heterocycles. The SMILES string of the molecule is CN1CCC(N2CCN(C(=O)CN(C(=O)OC(C)(C)C)C3CCCCC3)CC2)CC1. The molecule has 0 atom stereocenters. The Morgan fingerprint density at radius 2 is 1.50 bits per heavy atom. The van der Waals surface area contributed by atoms with Gasteiger partial charge in [0.1, 0.15) is 12.1 Å². The van der Waals surface area contributed by atoms with E-state index in [9.17, 15) is 9.59 Å². The lowest BCUT2D eigenvalue weighted by molar-refractivity contribution is -0.135. The third kappa shape index (κ3) is 6.58. The number of hydrogen-bond donors (Lipinski definition) is 0. The van der Waals surface area contributed by atoms with Gasteiger partial charge in [-0.25, -0.2) is 4.79 Å². The maximum absolute atomic E-state index is 13.1. The first-order valence-corrected chi connectivity index (χ1v) is 11.9. The number of nitrogens with zero attached hydrogens (tertiary/aromatic N) is 4. The Balaban J connectivity index is 1.54. The Hall–Kier alpha value is -1.34. The highest BCUT2D eigenvalue weighted by molar-refractivity contribution is 5.82. The van der Waals surface area contributed by atoms with Crippen molar-refractivity contribution < 1.29 is 14.3 Å². The van der Waals surface area contributed by atoms with Crippen LogP contribution >= 0.6 is 0 Å². The number of rotatable bonds is 4. The third-order valence-electron chi connectivity index (χ3n) is 6.82. The minimum absolute atomic E-state index is 0.0643. The van der Waals surface area contributed by atoms with Crippen molar-refractivity contribution in [2.75, 3.05) is 52.9 Å². The summed E-state index contributed by atoms with van der Waals surface area (Å²) in [5.74, 6) is 0.0643. The standard InChI is InChI=1S/C23H42N4O3/c1-23(2,3)30-22(29)27(20-8-6-5-7-9-20)18-21(28)26-16-14-25(15-17-26)19-10-12-24(4)13-11-19/h19-20H,5-18H2,1-4H3. The van der Waals surface area contributed by atoms with Gasteiger partial charge in [0.15, 0.2) is 0 Å². The van der Waals surface area contributed by atoms with E-state index in [-0.39, 0.29) is 24.6 Å². The minimum atomic E-state index is -0.549. The van der Waals surface area contributed by atoms with Crippen molar-refractivity contribution in [1.29, 1.82) is 0 Å². The van der Waals surface area contributed by atoms with Crippen LogP contribution in [-0.2, 0) is 9.53 Å². The van der Waals surface area contributed by atoms with E-state index in [1.807, 2.05) is 25.7 Å². The maximum atomic E-state index is 13.1. The summed E-state index contributed by atoms with van der Waals surface area (Å²) in [6.07, 6.45) is 7.49. The fourth-order valence-electron chi connectivity index (χ4n) is 5.00. The van der Waals surface area contributed by atoms with Gasteiger partial charge >= 0.3 is 6.09 Å². The number of likely N-dealkylation sites (tertiary alicyclic amines) is 1. The maximum Gasteiger partial charge on any atom is 0.411 e. The lowest BCUT2D eigenvalue weighted by Crippen LogP contribution is -2.56. The largest absolute Gasteiger partial charge is 0.444 e. The summed E-state index contributed by atoms with van der Waals surface area (Å²) in [7, 11) is 2.19. The molecule has 7 nitrogen and oxygen atoms in total. The van der Waals surface area contributed by atoms with Crippen molar-refractivity contribution >= 4 is 12.0 Å². The fourth-order valence-corrected chi connectivity index (χ4v) is 5.00. The van der Waals surface area contributed by atoms with Crippen LogP contribution in [-0.4, -0.2) is 102 Å². The van der Waals surface area contributed by atoms with Crippen molar-refractivity contribution in [2.24, 2.45) is 0 Å². The predicted molar refractivity (Wildman–Crippen MR) is 118 cm³/mol. The van der Waals surface area contributed by atoms with E-state index < -0.39 is 5.60 Å². The van der Waals surface area contributed by atoms with Crippen LogP contribution in [0.15, 0.2) is 0 Å². The first-order valence-electron chi connectivity index (χ1n) is 11.9. The van der Waals surface area contributed by atoms with Gasteiger partial charge in [-0.05, 0) is 66.6 Å². The van der Waals surface area contributed by atoms with Crippen molar-refractivity contribution in [3.8, 4) is 0 Å². The van der Waals surface area contributed by atoms with Crippen LogP contribution in [0.5, 0.6) is 0 Å². The number of ether oxygens (including phenoxy) is 1. The Labute approximate surface area is 182 Å². The molecule has 3 fully saturated rings. The molecule has 0 unspecified atom stereocenters. The van der Waals surface area contributed by atoms with Crippen LogP contribution in [0.2, 0.25) is 0 Å². The average molecular weight is 423 g/mol. The smallest absolute Gasteiger partial charge is 0.411 e. The molecule has 2 aliphatic heterocycles. The summed E-state index contributed by atoms with van der Waals surface area (Å²) >= 11 is 0. The number of carbonyl (C=O) groups excluding carboxylic acids is 2. The van der Waals surface area contributed by atoms with Crippen LogP contribution in [0.4, 0.5) is 4.79 Å². The van der Waals surface area contributed by atoms with Crippen molar-refractivity contribution in [2.45, 2.75) is 83.4 Å². The van der Waals surface area contributed by atoms with Gasteiger partial charge in [0, 0.05) is 38.3 Å². The molecule has 0 aromatic carbocycles.